The van der Waals surface area contributed by atoms with E-state index >= 15 is 0 Å². The van der Waals surface area contributed by atoms with Crippen molar-refractivity contribution < 1.29 is 4.42 Å². The van der Waals surface area contributed by atoms with Gasteiger partial charge in [0.25, 0.3) is 0 Å². The Morgan fingerprint density at radius 2 is 2.24 bits per heavy atom. The second kappa shape index (κ2) is 4.63. The molecule has 0 aromatic carbocycles. The molecule has 3 nitrogen and oxygen atoms in total. The van der Waals surface area contributed by atoms with Gasteiger partial charge in [0.15, 0.2) is 0 Å². The van der Waals surface area contributed by atoms with Gasteiger partial charge in [-0.05, 0) is 12.1 Å². The van der Waals surface area contributed by atoms with Crippen molar-refractivity contribution in [3.8, 4) is 0 Å². The van der Waals surface area contributed by atoms with Crippen LogP contribution in [0.5, 0.6) is 0 Å². The summed E-state index contributed by atoms with van der Waals surface area (Å²) in [5.74, 6) is 0.817. The summed E-state index contributed by atoms with van der Waals surface area (Å²) < 4.78 is 5.29. The van der Waals surface area contributed by atoms with Crippen molar-refractivity contribution in [2.75, 3.05) is 0 Å². The summed E-state index contributed by atoms with van der Waals surface area (Å²) in [5.41, 5.74) is 7.29. The first-order valence-corrected chi connectivity index (χ1v) is 6.58. The highest BCUT2D eigenvalue weighted by Gasteiger charge is 2.19. The van der Waals surface area contributed by atoms with Gasteiger partial charge in [0.1, 0.15) is 5.76 Å². The molecule has 2 aromatic heterocycles. The maximum atomic E-state index is 6.06. The van der Waals surface area contributed by atoms with Gasteiger partial charge in [-0.15, -0.1) is 11.3 Å². The van der Waals surface area contributed by atoms with Gasteiger partial charge in [0, 0.05) is 17.2 Å². The van der Waals surface area contributed by atoms with Gasteiger partial charge in [0.2, 0.25) is 0 Å². The molecule has 0 bridgehead atoms. The van der Waals surface area contributed by atoms with Crippen LogP contribution in [0, 0.1) is 0 Å². The third-order valence-electron chi connectivity index (χ3n) is 2.62. The Morgan fingerprint density at radius 3 is 2.76 bits per heavy atom. The highest BCUT2D eigenvalue weighted by Crippen LogP contribution is 2.26. The molecule has 2 heterocycles. The topological polar surface area (TPSA) is 52.0 Å². The minimum absolute atomic E-state index is 0.101. The van der Waals surface area contributed by atoms with Crippen LogP contribution in [0.3, 0.4) is 0 Å². The fourth-order valence-corrected chi connectivity index (χ4v) is 2.62. The summed E-state index contributed by atoms with van der Waals surface area (Å²) in [7, 11) is 0. The Balaban J connectivity index is 2.07. The molecular formula is C13H18N2OS. The standard InChI is InChI=1S/C13H18N2OS/c1-13(2,3)11-8-17-12(15-11)7-9(14)10-5-4-6-16-10/h4-6,8-9H,7,14H2,1-3H3. The lowest BCUT2D eigenvalue weighted by molar-refractivity contribution is 0.463. The van der Waals surface area contributed by atoms with Crippen molar-refractivity contribution in [3.63, 3.8) is 0 Å². The van der Waals surface area contributed by atoms with Crippen LogP contribution < -0.4 is 5.73 Å². The number of nitrogens with zero attached hydrogens (tertiary/aromatic N) is 1. The molecule has 1 atom stereocenters. The minimum Gasteiger partial charge on any atom is -0.468 e. The van der Waals surface area contributed by atoms with Gasteiger partial charge in [-0.25, -0.2) is 4.98 Å². The predicted octanol–water partition coefficient (Wildman–Crippen LogP) is 3.28. The van der Waals surface area contributed by atoms with E-state index in [0.29, 0.717) is 0 Å². The van der Waals surface area contributed by atoms with E-state index in [2.05, 4.69) is 31.1 Å². The Hall–Kier alpha value is -1.13. The van der Waals surface area contributed by atoms with Crippen molar-refractivity contribution in [3.05, 3.63) is 40.2 Å². The predicted molar refractivity (Wildman–Crippen MR) is 70.2 cm³/mol. The highest BCUT2D eigenvalue weighted by atomic mass is 32.1. The maximum absolute atomic E-state index is 6.06. The van der Waals surface area contributed by atoms with Crippen molar-refractivity contribution in [2.24, 2.45) is 5.73 Å². The van der Waals surface area contributed by atoms with Crippen molar-refractivity contribution >= 4 is 11.3 Å². The summed E-state index contributed by atoms with van der Waals surface area (Å²) in [6, 6.07) is 3.66. The summed E-state index contributed by atoms with van der Waals surface area (Å²) in [6.07, 6.45) is 2.38. The van der Waals surface area contributed by atoms with Crippen LogP contribution >= 0.6 is 11.3 Å². The molecule has 0 saturated heterocycles. The molecule has 17 heavy (non-hydrogen) atoms. The number of nitrogens with two attached hydrogens (primary N) is 1. The molecule has 0 aliphatic heterocycles. The summed E-state index contributed by atoms with van der Waals surface area (Å²) >= 11 is 1.67. The molecular weight excluding hydrogens is 232 g/mol. The first kappa shape index (κ1) is 12.3. The number of rotatable bonds is 3. The monoisotopic (exact) mass is 250 g/mol. The summed E-state index contributed by atoms with van der Waals surface area (Å²) in [5, 5.41) is 3.18. The van der Waals surface area contributed by atoms with Crippen LogP contribution in [0.25, 0.3) is 0 Å². The first-order chi connectivity index (χ1) is 7.97. The van der Waals surface area contributed by atoms with Crippen LogP contribution in [-0.4, -0.2) is 4.98 Å². The molecule has 92 valence electrons. The zero-order chi connectivity index (χ0) is 12.5. The molecule has 0 saturated carbocycles. The van der Waals surface area contributed by atoms with E-state index in [1.165, 1.54) is 0 Å². The van der Waals surface area contributed by atoms with Gasteiger partial charge in [-0.1, -0.05) is 20.8 Å². The number of hydrogen-bond acceptors (Lipinski definition) is 4. The van der Waals surface area contributed by atoms with Crippen LogP contribution in [0.1, 0.15) is 43.3 Å². The Morgan fingerprint density at radius 1 is 1.47 bits per heavy atom. The normalized spacial score (nSPS) is 13.9. The molecule has 2 aromatic rings. The molecule has 0 radical (unpaired) electrons. The Labute approximate surface area is 106 Å². The zero-order valence-electron chi connectivity index (χ0n) is 10.4. The van der Waals surface area contributed by atoms with E-state index in [0.717, 1.165) is 22.9 Å². The van der Waals surface area contributed by atoms with Gasteiger partial charge in [-0.2, -0.15) is 0 Å². The van der Waals surface area contributed by atoms with Crippen LogP contribution in [0.4, 0.5) is 0 Å². The largest absolute Gasteiger partial charge is 0.468 e. The first-order valence-electron chi connectivity index (χ1n) is 5.70. The Bertz CT molecular complexity index is 468. The number of thiazole rings is 1. The van der Waals surface area contributed by atoms with Gasteiger partial charge in [-0.3, -0.25) is 0 Å². The summed E-state index contributed by atoms with van der Waals surface area (Å²) in [4.78, 5) is 4.63. The third kappa shape index (κ3) is 2.96. The average molecular weight is 250 g/mol. The lowest BCUT2D eigenvalue weighted by Gasteiger charge is -2.14. The number of aromatic nitrogens is 1. The van der Waals surface area contributed by atoms with Crippen LogP contribution in [0.2, 0.25) is 0 Å². The SMILES string of the molecule is CC(C)(C)c1csc(CC(N)c2ccco2)n1. The van der Waals surface area contributed by atoms with Crippen molar-refractivity contribution in [1.29, 1.82) is 0 Å². The van der Waals surface area contributed by atoms with E-state index in [1.54, 1.807) is 17.6 Å². The quantitative estimate of drug-likeness (QED) is 0.909. The summed E-state index contributed by atoms with van der Waals surface area (Å²) in [6.45, 7) is 6.49. The molecule has 4 heteroatoms. The average Bonchev–Trinajstić information content (AvgIpc) is 2.85. The van der Waals surface area contributed by atoms with Gasteiger partial charge >= 0.3 is 0 Å². The lowest BCUT2D eigenvalue weighted by atomic mass is 9.93. The minimum atomic E-state index is -0.107. The lowest BCUT2D eigenvalue weighted by Crippen LogP contribution is -2.14. The molecule has 2 N–H and O–H groups in total. The molecule has 2 rings (SSSR count). The van der Waals surface area contributed by atoms with E-state index in [4.69, 9.17) is 10.2 Å². The fraction of sp³-hybridized carbons (Fsp3) is 0.462. The third-order valence-corrected chi connectivity index (χ3v) is 3.49. The molecule has 0 amide bonds. The molecule has 1 unspecified atom stereocenters. The smallest absolute Gasteiger partial charge is 0.120 e. The fourth-order valence-electron chi connectivity index (χ4n) is 1.54. The van der Waals surface area contributed by atoms with Crippen molar-refractivity contribution in [1.82, 2.24) is 4.98 Å². The number of hydrogen-bond donors (Lipinski definition) is 1. The second-order valence-corrected chi connectivity index (χ2v) is 6.15. The second-order valence-electron chi connectivity index (χ2n) is 5.20. The Kier molecular flexibility index (Phi) is 3.35. The van der Waals surface area contributed by atoms with E-state index < -0.39 is 0 Å². The van der Waals surface area contributed by atoms with Gasteiger partial charge in [0.05, 0.1) is 23.0 Å². The number of furan rings is 1. The molecule has 0 fully saturated rings. The highest BCUT2D eigenvalue weighted by molar-refractivity contribution is 7.09. The van der Waals surface area contributed by atoms with Crippen LogP contribution in [-0.2, 0) is 11.8 Å². The van der Waals surface area contributed by atoms with Gasteiger partial charge < -0.3 is 10.2 Å². The van der Waals surface area contributed by atoms with Crippen LogP contribution in [0.15, 0.2) is 28.2 Å². The van der Waals surface area contributed by atoms with E-state index in [-0.39, 0.29) is 11.5 Å². The zero-order valence-corrected chi connectivity index (χ0v) is 11.3. The molecule has 0 aliphatic carbocycles. The maximum Gasteiger partial charge on any atom is 0.120 e. The molecule has 0 aliphatic rings. The van der Waals surface area contributed by atoms with Crippen molar-refractivity contribution in [2.45, 2.75) is 38.6 Å². The van der Waals surface area contributed by atoms with E-state index in [9.17, 15) is 0 Å². The van der Waals surface area contributed by atoms with E-state index in [1.807, 2.05) is 12.1 Å². The molecule has 0 spiro atoms.